The minimum absolute atomic E-state index is 0.159. The van der Waals surface area contributed by atoms with Gasteiger partial charge in [-0.3, -0.25) is 0 Å². The first-order chi connectivity index (χ1) is 8.52. The lowest BCUT2D eigenvalue weighted by atomic mass is 10.0. The maximum atomic E-state index is 13.2. The Morgan fingerprint density at radius 1 is 1.33 bits per heavy atom. The van der Waals surface area contributed by atoms with Gasteiger partial charge in [0.1, 0.15) is 5.82 Å². The van der Waals surface area contributed by atoms with Gasteiger partial charge in [0.05, 0.1) is 0 Å². The van der Waals surface area contributed by atoms with Crippen molar-refractivity contribution in [3.8, 4) is 0 Å². The van der Waals surface area contributed by atoms with Gasteiger partial charge in [-0.25, -0.2) is 4.39 Å². The predicted molar refractivity (Wildman–Crippen MR) is 75.2 cm³/mol. The number of nitrogens with one attached hydrogen (secondary N) is 1. The maximum Gasteiger partial charge on any atom is 0.123 e. The summed E-state index contributed by atoms with van der Waals surface area (Å²) >= 11 is 0. The van der Waals surface area contributed by atoms with E-state index in [9.17, 15) is 4.39 Å². The van der Waals surface area contributed by atoms with E-state index in [4.69, 9.17) is 0 Å². The van der Waals surface area contributed by atoms with Crippen molar-refractivity contribution in [3.05, 3.63) is 35.6 Å². The lowest BCUT2D eigenvalue weighted by Gasteiger charge is -2.24. The van der Waals surface area contributed by atoms with E-state index >= 15 is 0 Å². The molecule has 18 heavy (non-hydrogen) atoms. The van der Waals surface area contributed by atoms with Crippen molar-refractivity contribution >= 4 is 0 Å². The third-order valence-electron chi connectivity index (χ3n) is 3.15. The smallest absolute Gasteiger partial charge is 0.123 e. The van der Waals surface area contributed by atoms with Gasteiger partial charge in [0, 0.05) is 12.1 Å². The van der Waals surface area contributed by atoms with Crippen molar-refractivity contribution in [2.45, 2.75) is 38.8 Å². The van der Waals surface area contributed by atoms with Crippen LogP contribution >= 0.6 is 0 Å². The molecule has 1 aromatic carbocycles. The van der Waals surface area contributed by atoms with E-state index in [1.54, 1.807) is 12.1 Å². The lowest BCUT2D eigenvalue weighted by Crippen LogP contribution is -2.32. The van der Waals surface area contributed by atoms with Crippen molar-refractivity contribution < 1.29 is 4.39 Å². The van der Waals surface area contributed by atoms with Gasteiger partial charge in [0.25, 0.3) is 0 Å². The van der Waals surface area contributed by atoms with E-state index in [1.165, 1.54) is 6.07 Å². The molecule has 0 amide bonds. The van der Waals surface area contributed by atoms with Gasteiger partial charge in [-0.2, -0.15) is 0 Å². The quantitative estimate of drug-likeness (QED) is 0.801. The van der Waals surface area contributed by atoms with E-state index in [0.29, 0.717) is 6.04 Å². The summed E-state index contributed by atoms with van der Waals surface area (Å²) in [4.78, 5) is 2.18. The van der Waals surface area contributed by atoms with Gasteiger partial charge in [-0.1, -0.05) is 19.1 Å². The SMILES string of the molecule is CCC(NC(C)CCN(C)C)c1cccc(F)c1. The third kappa shape index (κ3) is 5.15. The lowest BCUT2D eigenvalue weighted by molar-refractivity contribution is 0.347. The molecule has 0 spiro atoms. The van der Waals surface area contributed by atoms with Crippen LogP contribution in [-0.2, 0) is 0 Å². The summed E-state index contributed by atoms with van der Waals surface area (Å²) in [6.07, 6.45) is 2.06. The van der Waals surface area contributed by atoms with E-state index in [0.717, 1.165) is 24.9 Å². The van der Waals surface area contributed by atoms with Crippen LogP contribution in [0.5, 0.6) is 0 Å². The van der Waals surface area contributed by atoms with Gasteiger partial charge in [0.15, 0.2) is 0 Å². The molecule has 0 saturated heterocycles. The third-order valence-corrected chi connectivity index (χ3v) is 3.15. The summed E-state index contributed by atoms with van der Waals surface area (Å²) < 4.78 is 13.2. The van der Waals surface area contributed by atoms with E-state index in [-0.39, 0.29) is 11.9 Å². The van der Waals surface area contributed by atoms with Crippen LogP contribution < -0.4 is 5.32 Å². The molecule has 1 aromatic rings. The van der Waals surface area contributed by atoms with Crippen LogP contribution in [0.2, 0.25) is 0 Å². The highest BCUT2D eigenvalue weighted by atomic mass is 19.1. The molecule has 1 rings (SSSR count). The maximum absolute atomic E-state index is 13.2. The van der Waals surface area contributed by atoms with E-state index in [2.05, 4.69) is 38.2 Å². The monoisotopic (exact) mass is 252 g/mol. The van der Waals surface area contributed by atoms with Crippen molar-refractivity contribution in [1.29, 1.82) is 0 Å². The zero-order valence-corrected chi connectivity index (χ0v) is 11.9. The first-order valence-electron chi connectivity index (χ1n) is 6.69. The molecule has 0 bridgehead atoms. The summed E-state index contributed by atoms with van der Waals surface area (Å²) in [6, 6.07) is 7.55. The van der Waals surface area contributed by atoms with Crippen molar-refractivity contribution in [2.24, 2.45) is 0 Å². The molecule has 2 nitrogen and oxygen atoms in total. The molecule has 0 radical (unpaired) electrons. The predicted octanol–water partition coefficient (Wildman–Crippen LogP) is 3.21. The normalized spacial score (nSPS) is 14.8. The fourth-order valence-corrected chi connectivity index (χ4v) is 2.05. The standard InChI is InChI=1S/C15H25FN2/c1-5-15(13-7-6-8-14(16)11-13)17-12(2)9-10-18(3)4/h6-8,11-12,15,17H,5,9-10H2,1-4H3. The second kappa shape index (κ2) is 7.49. The van der Waals surface area contributed by atoms with Crippen molar-refractivity contribution in [1.82, 2.24) is 10.2 Å². The molecule has 2 unspecified atom stereocenters. The molecular weight excluding hydrogens is 227 g/mol. The van der Waals surface area contributed by atoms with Crippen LogP contribution in [0.15, 0.2) is 24.3 Å². The van der Waals surface area contributed by atoms with Crippen LogP contribution in [0.25, 0.3) is 0 Å². The van der Waals surface area contributed by atoms with E-state index in [1.807, 2.05) is 6.07 Å². The van der Waals surface area contributed by atoms with Gasteiger partial charge in [-0.05, 0) is 58.1 Å². The van der Waals surface area contributed by atoms with E-state index < -0.39 is 0 Å². The average molecular weight is 252 g/mol. The molecule has 2 atom stereocenters. The molecule has 0 aliphatic heterocycles. The fourth-order valence-electron chi connectivity index (χ4n) is 2.05. The van der Waals surface area contributed by atoms with Gasteiger partial charge in [-0.15, -0.1) is 0 Å². The number of rotatable bonds is 7. The first-order valence-corrected chi connectivity index (χ1v) is 6.69. The molecule has 0 heterocycles. The number of halogens is 1. The molecule has 0 aromatic heterocycles. The Bertz CT molecular complexity index is 352. The van der Waals surface area contributed by atoms with Crippen LogP contribution in [0, 0.1) is 5.82 Å². The van der Waals surface area contributed by atoms with Crippen LogP contribution in [0.4, 0.5) is 4.39 Å². The van der Waals surface area contributed by atoms with Crippen molar-refractivity contribution in [2.75, 3.05) is 20.6 Å². The molecule has 0 aliphatic rings. The largest absolute Gasteiger partial charge is 0.309 e. The average Bonchev–Trinajstić information content (AvgIpc) is 2.33. The molecular formula is C15H25FN2. The summed E-state index contributed by atoms with van der Waals surface area (Å²) in [6.45, 7) is 5.38. The van der Waals surface area contributed by atoms with Gasteiger partial charge >= 0.3 is 0 Å². The van der Waals surface area contributed by atoms with Crippen LogP contribution in [0.3, 0.4) is 0 Å². The number of benzene rings is 1. The Hall–Kier alpha value is -0.930. The highest BCUT2D eigenvalue weighted by Gasteiger charge is 2.13. The molecule has 0 fully saturated rings. The first kappa shape index (κ1) is 15.1. The Kier molecular flexibility index (Phi) is 6.30. The topological polar surface area (TPSA) is 15.3 Å². The molecule has 3 heteroatoms. The Balaban J connectivity index is 2.56. The Labute approximate surface area is 110 Å². The van der Waals surface area contributed by atoms with Gasteiger partial charge < -0.3 is 10.2 Å². The van der Waals surface area contributed by atoms with Gasteiger partial charge in [0.2, 0.25) is 0 Å². The highest BCUT2D eigenvalue weighted by Crippen LogP contribution is 2.18. The Morgan fingerprint density at radius 3 is 2.61 bits per heavy atom. The van der Waals surface area contributed by atoms with Crippen LogP contribution in [0.1, 0.15) is 38.3 Å². The van der Waals surface area contributed by atoms with Crippen LogP contribution in [-0.4, -0.2) is 31.6 Å². The summed E-state index contributed by atoms with van der Waals surface area (Å²) in [5.74, 6) is -0.159. The Morgan fingerprint density at radius 2 is 2.06 bits per heavy atom. The number of hydrogen-bond acceptors (Lipinski definition) is 2. The molecule has 102 valence electrons. The second-order valence-corrected chi connectivity index (χ2v) is 5.18. The fraction of sp³-hybridized carbons (Fsp3) is 0.600. The molecule has 0 saturated carbocycles. The number of nitrogens with zero attached hydrogens (tertiary/aromatic N) is 1. The summed E-state index contributed by atoms with van der Waals surface area (Å²) in [5, 5.41) is 3.57. The minimum Gasteiger partial charge on any atom is -0.309 e. The minimum atomic E-state index is -0.159. The summed E-state index contributed by atoms with van der Waals surface area (Å²) in [5.41, 5.74) is 1.04. The second-order valence-electron chi connectivity index (χ2n) is 5.18. The number of hydrogen-bond donors (Lipinski definition) is 1. The zero-order chi connectivity index (χ0) is 13.5. The molecule has 0 aliphatic carbocycles. The molecule has 1 N–H and O–H groups in total. The summed E-state index contributed by atoms with van der Waals surface area (Å²) in [7, 11) is 4.16. The zero-order valence-electron chi connectivity index (χ0n) is 11.9. The highest BCUT2D eigenvalue weighted by molar-refractivity contribution is 5.20. The van der Waals surface area contributed by atoms with Crippen molar-refractivity contribution in [3.63, 3.8) is 0 Å².